The molecule has 0 spiro atoms. The largest absolute Gasteiger partial charge is 0.350 e. The first kappa shape index (κ1) is 12.7. The molecule has 0 rings (SSSR count). The van der Waals surface area contributed by atoms with Crippen LogP contribution in [0.2, 0.25) is 0 Å². The predicted octanol–water partition coefficient (Wildman–Crippen LogP) is 2.02. The molecule has 2 amide bonds. The van der Waals surface area contributed by atoms with Gasteiger partial charge in [-0.2, -0.15) is 5.10 Å². The van der Waals surface area contributed by atoms with Crippen LogP contribution in [0.4, 0.5) is 4.79 Å². The Hall–Kier alpha value is -1.32. The second kappa shape index (κ2) is 5.42. The van der Waals surface area contributed by atoms with Crippen LogP contribution in [0, 0.1) is 5.41 Å². The monoisotopic (exact) mass is 197 g/mol. The fourth-order valence-electron chi connectivity index (χ4n) is 0.791. The zero-order valence-electron chi connectivity index (χ0n) is 9.29. The van der Waals surface area contributed by atoms with E-state index in [4.69, 9.17) is 5.73 Å². The molecule has 0 heterocycles. The van der Waals surface area contributed by atoms with E-state index < -0.39 is 6.03 Å². The molecule has 0 bridgehead atoms. The van der Waals surface area contributed by atoms with Crippen LogP contribution in [0.1, 0.15) is 34.1 Å². The topological polar surface area (TPSA) is 67.5 Å². The van der Waals surface area contributed by atoms with E-state index in [1.165, 1.54) is 5.57 Å². The second-order valence-electron chi connectivity index (χ2n) is 4.21. The van der Waals surface area contributed by atoms with Gasteiger partial charge in [-0.1, -0.05) is 25.5 Å². The zero-order valence-corrected chi connectivity index (χ0v) is 9.29. The SMILES string of the molecule is CC(C)=CCC(C)(C)/C=N\NC(N)=O. The van der Waals surface area contributed by atoms with E-state index >= 15 is 0 Å². The number of hydrogen-bond acceptors (Lipinski definition) is 2. The number of carbonyl (C=O) groups is 1. The molecule has 14 heavy (non-hydrogen) atoms. The highest BCUT2D eigenvalue weighted by Gasteiger charge is 2.12. The van der Waals surface area contributed by atoms with E-state index in [9.17, 15) is 4.79 Å². The van der Waals surface area contributed by atoms with Crippen molar-refractivity contribution < 1.29 is 4.79 Å². The highest BCUT2D eigenvalue weighted by Crippen LogP contribution is 2.18. The van der Waals surface area contributed by atoms with Crippen molar-refractivity contribution in [3.05, 3.63) is 11.6 Å². The summed E-state index contributed by atoms with van der Waals surface area (Å²) < 4.78 is 0. The van der Waals surface area contributed by atoms with Crippen LogP contribution in [-0.2, 0) is 0 Å². The van der Waals surface area contributed by atoms with Crippen LogP contribution < -0.4 is 11.2 Å². The Balaban J connectivity index is 4.12. The summed E-state index contributed by atoms with van der Waals surface area (Å²) in [4.78, 5) is 10.3. The van der Waals surface area contributed by atoms with Gasteiger partial charge in [-0.25, -0.2) is 10.2 Å². The first-order valence-electron chi connectivity index (χ1n) is 4.56. The van der Waals surface area contributed by atoms with Crippen molar-refractivity contribution in [1.82, 2.24) is 5.43 Å². The Morgan fingerprint density at radius 2 is 2.07 bits per heavy atom. The van der Waals surface area contributed by atoms with Gasteiger partial charge in [0.15, 0.2) is 0 Å². The zero-order chi connectivity index (χ0) is 11.2. The van der Waals surface area contributed by atoms with E-state index in [1.807, 2.05) is 13.8 Å². The summed E-state index contributed by atoms with van der Waals surface area (Å²) in [5, 5.41) is 3.74. The maximum absolute atomic E-state index is 10.3. The molecule has 0 saturated carbocycles. The number of primary amides is 1. The van der Waals surface area contributed by atoms with Crippen LogP contribution in [0.5, 0.6) is 0 Å². The van der Waals surface area contributed by atoms with E-state index in [2.05, 4.69) is 30.5 Å². The van der Waals surface area contributed by atoms with E-state index in [0.717, 1.165) is 6.42 Å². The quantitative estimate of drug-likeness (QED) is 0.404. The van der Waals surface area contributed by atoms with Gasteiger partial charge in [-0.05, 0) is 20.3 Å². The molecule has 0 atom stereocenters. The lowest BCUT2D eigenvalue weighted by Crippen LogP contribution is -2.26. The number of carbonyl (C=O) groups excluding carboxylic acids is 1. The maximum atomic E-state index is 10.3. The van der Waals surface area contributed by atoms with Gasteiger partial charge in [0.25, 0.3) is 0 Å². The van der Waals surface area contributed by atoms with Gasteiger partial charge in [0.1, 0.15) is 0 Å². The molecule has 3 N–H and O–H groups in total. The molecule has 0 fully saturated rings. The lowest BCUT2D eigenvalue weighted by Gasteiger charge is -2.16. The van der Waals surface area contributed by atoms with Crippen molar-refractivity contribution in [2.75, 3.05) is 0 Å². The molecule has 0 unspecified atom stereocenters. The molecule has 0 aliphatic carbocycles. The summed E-state index contributed by atoms with van der Waals surface area (Å²) in [6.07, 6.45) is 4.72. The van der Waals surface area contributed by atoms with Crippen molar-refractivity contribution in [3.63, 3.8) is 0 Å². The lowest BCUT2D eigenvalue weighted by molar-refractivity contribution is 0.249. The Bertz CT molecular complexity index is 250. The van der Waals surface area contributed by atoms with Gasteiger partial charge >= 0.3 is 6.03 Å². The summed E-state index contributed by atoms with van der Waals surface area (Å²) in [5.41, 5.74) is 8.25. The molecule has 0 aliphatic rings. The molecule has 4 heteroatoms. The number of nitrogens with one attached hydrogen (secondary N) is 1. The fraction of sp³-hybridized carbons (Fsp3) is 0.600. The molecule has 0 saturated heterocycles. The Kier molecular flexibility index (Phi) is 4.91. The summed E-state index contributed by atoms with van der Waals surface area (Å²) in [6, 6.07) is -0.640. The Labute approximate surface area is 85.3 Å². The molecule has 0 aliphatic heterocycles. The number of nitrogens with two attached hydrogens (primary N) is 1. The van der Waals surface area contributed by atoms with Crippen molar-refractivity contribution in [2.45, 2.75) is 34.1 Å². The number of hydrazone groups is 1. The summed E-state index contributed by atoms with van der Waals surface area (Å²) in [5.74, 6) is 0. The molecule has 0 aromatic carbocycles. The molecule has 0 aromatic heterocycles. The fourth-order valence-corrected chi connectivity index (χ4v) is 0.791. The normalized spacial score (nSPS) is 11.4. The van der Waals surface area contributed by atoms with Gasteiger partial charge in [-0.3, -0.25) is 0 Å². The van der Waals surface area contributed by atoms with Crippen LogP contribution in [-0.4, -0.2) is 12.2 Å². The standard InChI is InChI=1S/C10H19N3O/c1-8(2)5-6-10(3,4)7-12-13-9(11)14/h5,7H,6H2,1-4H3,(H3,11,13,14)/b12-7-. The number of nitrogens with zero attached hydrogens (tertiary/aromatic N) is 1. The summed E-state index contributed by atoms with van der Waals surface area (Å²) in [7, 11) is 0. The highest BCUT2D eigenvalue weighted by atomic mass is 16.2. The van der Waals surface area contributed by atoms with Crippen LogP contribution >= 0.6 is 0 Å². The molecular weight excluding hydrogens is 178 g/mol. The number of hydrogen-bond donors (Lipinski definition) is 2. The first-order valence-corrected chi connectivity index (χ1v) is 4.56. The Morgan fingerprint density at radius 3 is 2.50 bits per heavy atom. The predicted molar refractivity (Wildman–Crippen MR) is 59.0 cm³/mol. The third-order valence-corrected chi connectivity index (χ3v) is 1.63. The van der Waals surface area contributed by atoms with Crippen LogP contribution in [0.3, 0.4) is 0 Å². The van der Waals surface area contributed by atoms with Crippen molar-refractivity contribution in [1.29, 1.82) is 0 Å². The smallest absolute Gasteiger partial charge is 0.332 e. The number of amides is 2. The number of rotatable bonds is 4. The minimum atomic E-state index is -0.640. The number of urea groups is 1. The average Bonchev–Trinajstić information content (AvgIpc) is 2.00. The van der Waals surface area contributed by atoms with Crippen LogP contribution in [0.15, 0.2) is 16.8 Å². The van der Waals surface area contributed by atoms with E-state index in [-0.39, 0.29) is 5.41 Å². The van der Waals surface area contributed by atoms with Crippen molar-refractivity contribution >= 4 is 12.2 Å². The minimum absolute atomic E-state index is 0.0697. The lowest BCUT2D eigenvalue weighted by atomic mass is 9.90. The van der Waals surface area contributed by atoms with Gasteiger partial charge in [0.05, 0.1) is 0 Å². The van der Waals surface area contributed by atoms with Crippen molar-refractivity contribution in [3.8, 4) is 0 Å². The highest BCUT2D eigenvalue weighted by molar-refractivity contribution is 5.73. The molecule has 0 aromatic rings. The maximum Gasteiger partial charge on any atom is 0.332 e. The summed E-state index contributed by atoms with van der Waals surface area (Å²) in [6.45, 7) is 8.18. The van der Waals surface area contributed by atoms with E-state index in [0.29, 0.717) is 0 Å². The minimum Gasteiger partial charge on any atom is -0.350 e. The second-order valence-corrected chi connectivity index (χ2v) is 4.21. The van der Waals surface area contributed by atoms with Gasteiger partial charge in [-0.15, -0.1) is 0 Å². The first-order chi connectivity index (χ1) is 6.33. The third-order valence-electron chi connectivity index (χ3n) is 1.63. The Morgan fingerprint density at radius 1 is 1.50 bits per heavy atom. The third kappa shape index (κ3) is 7.34. The van der Waals surface area contributed by atoms with E-state index in [1.54, 1.807) is 6.21 Å². The molecular formula is C10H19N3O. The average molecular weight is 197 g/mol. The van der Waals surface area contributed by atoms with Crippen molar-refractivity contribution in [2.24, 2.45) is 16.3 Å². The number of allylic oxidation sites excluding steroid dienone is 2. The molecule has 0 radical (unpaired) electrons. The molecule has 80 valence electrons. The van der Waals surface area contributed by atoms with Gasteiger partial charge < -0.3 is 5.73 Å². The van der Waals surface area contributed by atoms with Gasteiger partial charge in [0.2, 0.25) is 0 Å². The summed E-state index contributed by atoms with van der Waals surface area (Å²) >= 11 is 0. The van der Waals surface area contributed by atoms with Crippen LogP contribution in [0.25, 0.3) is 0 Å². The van der Waals surface area contributed by atoms with Gasteiger partial charge in [0, 0.05) is 11.6 Å². The molecule has 4 nitrogen and oxygen atoms in total.